The fourth-order valence-electron chi connectivity index (χ4n) is 4.88. The first-order valence-electron chi connectivity index (χ1n) is 14.5. The van der Waals surface area contributed by atoms with E-state index in [1.165, 1.54) is 154 Å². The van der Waals surface area contributed by atoms with E-state index in [1.54, 1.807) is 0 Å². The van der Waals surface area contributed by atoms with Crippen molar-refractivity contribution in [1.82, 2.24) is 0 Å². The van der Waals surface area contributed by atoms with E-state index in [2.05, 4.69) is 27.7 Å². The van der Waals surface area contributed by atoms with Crippen LogP contribution in [0.1, 0.15) is 175 Å². The molecule has 181 valence electrons. The predicted octanol–water partition coefficient (Wildman–Crippen LogP) is 11.5. The summed E-state index contributed by atoms with van der Waals surface area (Å²) < 4.78 is 0. The van der Waals surface area contributed by atoms with Crippen LogP contribution in [0.15, 0.2) is 0 Å². The largest absolute Gasteiger partial charge is 0.0654 e. The molecular formula is C30H61. The Morgan fingerprint density at radius 2 is 0.733 bits per heavy atom. The minimum Gasteiger partial charge on any atom is -0.0654 e. The highest BCUT2D eigenvalue weighted by Gasteiger charge is 2.08. The van der Waals surface area contributed by atoms with Gasteiger partial charge in [0.05, 0.1) is 0 Å². The van der Waals surface area contributed by atoms with Crippen molar-refractivity contribution < 1.29 is 0 Å². The predicted molar refractivity (Wildman–Crippen MR) is 140 cm³/mol. The molecule has 0 heterocycles. The Kier molecular flexibility index (Phi) is 25.3. The number of hydrogen-bond donors (Lipinski definition) is 0. The Labute approximate surface area is 193 Å². The van der Waals surface area contributed by atoms with Crippen molar-refractivity contribution in [2.75, 3.05) is 0 Å². The lowest BCUT2D eigenvalue weighted by atomic mass is 9.89. The molecule has 0 N–H and O–H groups in total. The fourth-order valence-corrected chi connectivity index (χ4v) is 4.88. The molecule has 0 bridgehead atoms. The van der Waals surface area contributed by atoms with E-state index >= 15 is 0 Å². The van der Waals surface area contributed by atoms with Crippen molar-refractivity contribution in [3.05, 3.63) is 6.92 Å². The van der Waals surface area contributed by atoms with E-state index in [4.69, 9.17) is 0 Å². The van der Waals surface area contributed by atoms with Crippen LogP contribution in [0.3, 0.4) is 0 Å². The minimum absolute atomic E-state index is 0.696. The SMILES string of the molecule is [CH2]C(CCCCCCCCCCCCCC)CC(C)CCCCCCCCCCC. The molecule has 0 aromatic rings. The highest BCUT2D eigenvalue weighted by Crippen LogP contribution is 2.23. The smallest absolute Gasteiger partial charge is 0.0412 e. The molecule has 0 aromatic carbocycles. The number of hydrogen-bond acceptors (Lipinski definition) is 0. The van der Waals surface area contributed by atoms with Crippen molar-refractivity contribution in [2.45, 2.75) is 175 Å². The van der Waals surface area contributed by atoms with Crippen LogP contribution in [0.5, 0.6) is 0 Å². The van der Waals surface area contributed by atoms with Gasteiger partial charge in [-0.15, -0.1) is 0 Å². The summed E-state index contributed by atoms with van der Waals surface area (Å²) in [5.74, 6) is 1.58. The van der Waals surface area contributed by atoms with Crippen LogP contribution in [-0.2, 0) is 0 Å². The maximum atomic E-state index is 4.46. The molecule has 0 aliphatic carbocycles. The topological polar surface area (TPSA) is 0 Å². The first kappa shape index (κ1) is 30.0. The Morgan fingerprint density at radius 3 is 1.10 bits per heavy atom. The standard InChI is InChI=1S/C30H61/c1-5-7-9-11-13-15-16-17-19-21-23-25-27-30(4)28-29(3)26-24-22-20-18-14-12-10-8-6-2/h29-30H,4-28H2,1-3H3. The maximum absolute atomic E-state index is 4.46. The van der Waals surface area contributed by atoms with Crippen LogP contribution >= 0.6 is 0 Å². The highest BCUT2D eigenvalue weighted by molar-refractivity contribution is 4.66. The van der Waals surface area contributed by atoms with Gasteiger partial charge in [-0.25, -0.2) is 0 Å². The minimum atomic E-state index is 0.696. The van der Waals surface area contributed by atoms with E-state index in [-0.39, 0.29) is 0 Å². The Balaban J connectivity index is 3.28. The molecule has 0 saturated carbocycles. The maximum Gasteiger partial charge on any atom is -0.0412 e. The van der Waals surface area contributed by atoms with Crippen molar-refractivity contribution >= 4 is 0 Å². The summed E-state index contributed by atoms with van der Waals surface area (Å²) in [6.07, 6.45) is 34.6. The van der Waals surface area contributed by atoms with Gasteiger partial charge >= 0.3 is 0 Å². The van der Waals surface area contributed by atoms with Crippen molar-refractivity contribution in [3.63, 3.8) is 0 Å². The zero-order valence-electron chi connectivity index (χ0n) is 21.8. The van der Waals surface area contributed by atoms with Gasteiger partial charge in [0.25, 0.3) is 0 Å². The van der Waals surface area contributed by atoms with Crippen LogP contribution in [0.2, 0.25) is 0 Å². The van der Waals surface area contributed by atoms with E-state index < -0.39 is 0 Å². The molecule has 30 heavy (non-hydrogen) atoms. The van der Waals surface area contributed by atoms with Gasteiger partial charge in [-0.1, -0.05) is 175 Å². The Morgan fingerprint density at radius 1 is 0.433 bits per heavy atom. The lowest BCUT2D eigenvalue weighted by Crippen LogP contribution is -2.04. The summed E-state index contributed by atoms with van der Waals surface area (Å²) in [6.45, 7) is 11.5. The molecule has 0 spiro atoms. The second kappa shape index (κ2) is 25.3. The molecular weight excluding hydrogens is 360 g/mol. The first-order valence-corrected chi connectivity index (χ1v) is 14.5. The van der Waals surface area contributed by atoms with Gasteiger partial charge in [0, 0.05) is 0 Å². The second-order valence-electron chi connectivity index (χ2n) is 10.5. The summed E-state index contributed by atoms with van der Waals surface area (Å²) in [5.41, 5.74) is 0. The summed E-state index contributed by atoms with van der Waals surface area (Å²) in [7, 11) is 0. The molecule has 0 aromatic heterocycles. The zero-order chi connectivity index (χ0) is 22.1. The Bertz CT molecular complexity index is 294. The van der Waals surface area contributed by atoms with Crippen molar-refractivity contribution in [3.8, 4) is 0 Å². The lowest BCUT2D eigenvalue weighted by Gasteiger charge is -2.17. The van der Waals surface area contributed by atoms with E-state index in [1.807, 2.05) is 0 Å². The second-order valence-corrected chi connectivity index (χ2v) is 10.5. The quantitative estimate of drug-likeness (QED) is 0.128. The van der Waals surface area contributed by atoms with Crippen molar-refractivity contribution in [1.29, 1.82) is 0 Å². The van der Waals surface area contributed by atoms with Crippen LogP contribution in [0.4, 0.5) is 0 Å². The van der Waals surface area contributed by atoms with E-state index in [0.29, 0.717) is 5.92 Å². The van der Waals surface area contributed by atoms with E-state index in [0.717, 1.165) is 5.92 Å². The van der Waals surface area contributed by atoms with E-state index in [9.17, 15) is 0 Å². The van der Waals surface area contributed by atoms with Gasteiger partial charge in [-0.3, -0.25) is 0 Å². The fraction of sp³-hybridized carbons (Fsp3) is 0.967. The van der Waals surface area contributed by atoms with Crippen LogP contribution in [0.25, 0.3) is 0 Å². The molecule has 2 atom stereocenters. The first-order chi connectivity index (χ1) is 14.7. The third-order valence-electron chi connectivity index (χ3n) is 7.00. The molecule has 0 aliphatic rings. The normalized spacial score (nSPS) is 13.6. The Hall–Kier alpha value is 0. The molecule has 0 amide bonds. The number of rotatable bonds is 25. The third kappa shape index (κ3) is 24.3. The average Bonchev–Trinajstić information content (AvgIpc) is 2.73. The molecule has 0 rings (SSSR count). The van der Waals surface area contributed by atoms with Crippen LogP contribution in [0, 0.1) is 18.8 Å². The van der Waals surface area contributed by atoms with Gasteiger partial charge in [0.2, 0.25) is 0 Å². The van der Waals surface area contributed by atoms with Gasteiger partial charge in [0.1, 0.15) is 0 Å². The summed E-state index contributed by atoms with van der Waals surface area (Å²) >= 11 is 0. The summed E-state index contributed by atoms with van der Waals surface area (Å²) in [6, 6.07) is 0. The van der Waals surface area contributed by atoms with Gasteiger partial charge in [0.15, 0.2) is 0 Å². The van der Waals surface area contributed by atoms with Gasteiger partial charge in [-0.2, -0.15) is 0 Å². The summed E-state index contributed by atoms with van der Waals surface area (Å²) in [4.78, 5) is 0. The molecule has 2 unspecified atom stereocenters. The van der Waals surface area contributed by atoms with Gasteiger partial charge < -0.3 is 0 Å². The molecule has 0 saturated heterocycles. The average molecular weight is 422 g/mol. The van der Waals surface area contributed by atoms with Crippen molar-refractivity contribution in [2.24, 2.45) is 11.8 Å². The molecule has 0 heteroatoms. The molecule has 1 radical (unpaired) electrons. The summed E-state index contributed by atoms with van der Waals surface area (Å²) in [5, 5.41) is 0. The van der Waals surface area contributed by atoms with Crippen LogP contribution < -0.4 is 0 Å². The third-order valence-corrected chi connectivity index (χ3v) is 7.00. The highest BCUT2D eigenvalue weighted by atomic mass is 14.1. The molecule has 0 aliphatic heterocycles. The lowest BCUT2D eigenvalue weighted by molar-refractivity contribution is 0.378. The molecule has 0 nitrogen and oxygen atoms in total. The van der Waals surface area contributed by atoms with Crippen LogP contribution in [-0.4, -0.2) is 0 Å². The zero-order valence-corrected chi connectivity index (χ0v) is 21.8. The number of unbranched alkanes of at least 4 members (excludes halogenated alkanes) is 19. The van der Waals surface area contributed by atoms with Gasteiger partial charge in [-0.05, 0) is 18.3 Å². The molecule has 0 fully saturated rings. The monoisotopic (exact) mass is 421 g/mol.